The number of hydrogen-bond acceptors (Lipinski definition) is 4. The molecule has 3 fully saturated rings. The molecule has 0 N–H and O–H groups in total. The van der Waals surface area contributed by atoms with Crippen molar-refractivity contribution in [3.8, 4) is 5.75 Å². The van der Waals surface area contributed by atoms with E-state index in [0.717, 1.165) is 32.4 Å². The van der Waals surface area contributed by atoms with Crippen molar-refractivity contribution >= 4 is 11.8 Å². The molecule has 1 aromatic carbocycles. The van der Waals surface area contributed by atoms with Gasteiger partial charge in [-0.1, -0.05) is 0 Å². The first-order chi connectivity index (χ1) is 13.0. The molecule has 3 saturated heterocycles. The van der Waals surface area contributed by atoms with Gasteiger partial charge in [0.1, 0.15) is 5.60 Å². The topological polar surface area (TPSA) is 59.1 Å². The normalized spacial score (nSPS) is 23.6. The fraction of sp³-hybridized carbons (Fsp3) is 0.600. The molecular weight excluding hydrogens is 351 g/mol. The van der Waals surface area contributed by atoms with Gasteiger partial charge >= 0.3 is 0 Å². The molecule has 1 spiro atoms. The molecule has 7 heteroatoms. The van der Waals surface area contributed by atoms with Gasteiger partial charge in [-0.3, -0.25) is 9.59 Å². The number of benzene rings is 1. The molecule has 0 radical (unpaired) electrons. The summed E-state index contributed by atoms with van der Waals surface area (Å²) in [5.41, 5.74) is -0.0294. The van der Waals surface area contributed by atoms with Crippen molar-refractivity contribution in [1.29, 1.82) is 0 Å². The van der Waals surface area contributed by atoms with Crippen LogP contribution >= 0.6 is 0 Å². The van der Waals surface area contributed by atoms with Gasteiger partial charge < -0.3 is 19.3 Å². The Morgan fingerprint density at radius 3 is 2.67 bits per heavy atom. The lowest BCUT2D eigenvalue weighted by Gasteiger charge is -2.47. The van der Waals surface area contributed by atoms with Gasteiger partial charge in [-0.2, -0.15) is 0 Å². The smallest absolute Gasteiger partial charge is 0.254 e. The zero-order chi connectivity index (χ0) is 19.0. The van der Waals surface area contributed by atoms with Crippen molar-refractivity contribution in [1.82, 2.24) is 9.80 Å². The van der Waals surface area contributed by atoms with E-state index in [4.69, 9.17) is 9.47 Å². The van der Waals surface area contributed by atoms with E-state index in [-0.39, 0.29) is 29.1 Å². The molecule has 0 bridgehead atoms. The molecule has 3 aliphatic heterocycles. The van der Waals surface area contributed by atoms with E-state index in [1.54, 1.807) is 11.0 Å². The van der Waals surface area contributed by atoms with Crippen LogP contribution in [0.15, 0.2) is 18.2 Å². The Hall–Kier alpha value is -2.15. The van der Waals surface area contributed by atoms with Crippen LogP contribution in [0.5, 0.6) is 5.75 Å². The molecule has 27 heavy (non-hydrogen) atoms. The van der Waals surface area contributed by atoms with E-state index in [1.165, 1.54) is 19.2 Å². The molecule has 0 saturated carbocycles. The molecule has 1 atom stereocenters. The molecule has 0 aromatic heterocycles. The second-order valence-electron chi connectivity index (χ2n) is 7.87. The standard InChI is InChI=1S/C20H25FN2O4/c1-26-17-5-4-15(9-16(17)21)19(25)23-12-20(13-23)10-14(11-27-20)8-18(24)22-6-2-3-7-22/h4-5,9,14H,2-3,6-8,10-13H2,1H3. The van der Waals surface area contributed by atoms with Crippen molar-refractivity contribution in [3.05, 3.63) is 29.6 Å². The van der Waals surface area contributed by atoms with Gasteiger partial charge in [0, 0.05) is 25.1 Å². The third-order valence-corrected chi connectivity index (χ3v) is 5.85. The highest BCUT2D eigenvalue weighted by Crippen LogP contribution is 2.40. The van der Waals surface area contributed by atoms with Crippen LogP contribution in [0.1, 0.15) is 36.0 Å². The predicted molar refractivity (Wildman–Crippen MR) is 96.1 cm³/mol. The SMILES string of the molecule is COc1ccc(C(=O)N2CC3(CC(CC(=O)N4CCCC4)CO3)C2)cc1F. The molecule has 3 aliphatic rings. The summed E-state index contributed by atoms with van der Waals surface area (Å²) in [4.78, 5) is 28.5. The van der Waals surface area contributed by atoms with Crippen molar-refractivity contribution in [2.24, 2.45) is 5.92 Å². The van der Waals surface area contributed by atoms with E-state index in [2.05, 4.69) is 0 Å². The number of carbonyl (C=O) groups excluding carboxylic acids is 2. The van der Waals surface area contributed by atoms with E-state index in [9.17, 15) is 14.0 Å². The third-order valence-electron chi connectivity index (χ3n) is 5.85. The molecule has 0 aliphatic carbocycles. The second-order valence-corrected chi connectivity index (χ2v) is 7.87. The minimum atomic E-state index is -0.545. The van der Waals surface area contributed by atoms with Gasteiger partial charge in [0.05, 0.1) is 26.8 Å². The van der Waals surface area contributed by atoms with Gasteiger partial charge in [-0.25, -0.2) is 4.39 Å². The fourth-order valence-electron chi connectivity index (χ4n) is 4.41. The number of nitrogens with zero attached hydrogens (tertiary/aromatic N) is 2. The number of hydrogen-bond donors (Lipinski definition) is 0. The Morgan fingerprint density at radius 2 is 2.00 bits per heavy atom. The van der Waals surface area contributed by atoms with E-state index in [0.29, 0.717) is 31.7 Å². The highest BCUT2D eigenvalue weighted by molar-refractivity contribution is 5.95. The Labute approximate surface area is 158 Å². The summed E-state index contributed by atoms with van der Waals surface area (Å²) in [7, 11) is 1.39. The van der Waals surface area contributed by atoms with Crippen molar-refractivity contribution in [3.63, 3.8) is 0 Å². The number of methoxy groups -OCH3 is 1. The summed E-state index contributed by atoms with van der Waals surface area (Å²) >= 11 is 0. The molecule has 4 rings (SSSR count). The van der Waals surface area contributed by atoms with Gasteiger partial charge in [-0.05, 0) is 43.4 Å². The summed E-state index contributed by atoms with van der Waals surface area (Å²) in [6.45, 7) is 3.30. The Bertz CT molecular complexity index is 741. The number of amides is 2. The Kier molecular flexibility index (Phi) is 4.80. The monoisotopic (exact) mass is 376 g/mol. The predicted octanol–water partition coefficient (Wildman–Crippen LogP) is 2.08. The van der Waals surface area contributed by atoms with Crippen LogP contribution in [0, 0.1) is 11.7 Å². The van der Waals surface area contributed by atoms with Gasteiger partial charge in [-0.15, -0.1) is 0 Å². The minimum absolute atomic E-state index is 0.122. The minimum Gasteiger partial charge on any atom is -0.494 e. The van der Waals surface area contributed by atoms with Crippen LogP contribution in [0.3, 0.4) is 0 Å². The quantitative estimate of drug-likeness (QED) is 0.807. The molecule has 146 valence electrons. The van der Waals surface area contributed by atoms with Gasteiger partial charge in [0.2, 0.25) is 5.91 Å². The molecule has 1 aromatic rings. The average Bonchev–Trinajstić information content (AvgIpc) is 3.30. The number of halogens is 1. The van der Waals surface area contributed by atoms with Gasteiger partial charge in [0.15, 0.2) is 11.6 Å². The summed E-state index contributed by atoms with van der Waals surface area (Å²) in [5, 5.41) is 0. The lowest BCUT2D eigenvalue weighted by atomic mass is 9.85. The van der Waals surface area contributed by atoms with Gasteiger partial charge in [0.25, 0.3) is 5.91 Å². The van der Waals surface area contributed by atoms with Crippen molar-refractivity contribution in [2.45, 2.75) is 31.3 Å². The summed E-state index contributed by atoms with van der Waals surface area (Å²) in [6, 6.07) is 4.24. The van der Waals surface area contributed by atoms with Crippen LogP contribution in [-0.4, -0.2) is 67.1 Å². The second kappa shape index (κ2) is 7.11. The maximum Gasteiger partial charge on any atom is 0.254 e. The lowest BCUT2D eigenvalue weighted by molar-refractivity contribution is -0.131. The van der Waals surface area contributed by atoms with E-state index >= 15 is 0 Å². The number of carbonyl (C=O) groups is 2. The Morgan fingerprint density at radius 1 is 1.26 bits per heavy atom. The molecule has 2 amide bonds. The largest absolute Gasteiger partial charge is 0.494 e. The summed E-state index contributed by atoms with van der Waals surface area (Å²) in [6.07, 6.45) is 3.52. The first kappa shape index (κ1) is 18.2. The fourth-order valence-corrected chi connectivity index (χ4v) is 4.41. The zero-order valence-corrected chi connectivity index (χ0v) is 15.6. The first-order valence-corrected chi connectivity index (χ1v) is 9.54. The summed E-state index contributed by atoms with van der Waals surface area (Å²) in [5.74, 6) is -0.192. The third kappa shape index (κ3) is 3.52. The summed E-state index contributed by atoms with van der Waals surface area (Å²) < 4.78 is 24.7. The average molecular weight is 376 g/mol. The Balaban J connectivity index is 1.30. The van der Waals surface area contributed by atoms with Crippen LogP contribution in [0.25, 0.3) is 0 Å². The van der Waals surface area contributed by atoms with Crippen LogP contribution in [0.4, 0.5) is 4.39 Å². The van der Waals surface area contributed by atoms with Crippen LogP contribution < -0.4 is 4.74 Å². The maximum absolute atomic E-state index is 13.8. The number of likely N-dealkylation sites (tertiary alicyclic amines) is 2. The number of ether oxygens (including phenoxy) is 2. The van der Waals surface area contributed by atoms with E-state index in [1.807, 2.05) is 4.90 Å². The zero-order valence-electron chi connectivity index (χ0n) is 15.6. The van der Waals surface area contributed by atoms with Crippen LogP contribution in [-0.2, 0) is 9.53 Å². The maximum atomic E-state index is 13.8. The molecule has 6 nitrogen and oxygen atoms in total. The van der Waals surface area contributed by atoms with E-state index < -0.39 is 5.82 Å². The highest BCUT2D eigenvalue weighted by atomic mass is 19.1. The number of rotatable bonds is 4. The van der Waals surface area contributed by atoms with Crippen molar-refractivity contribution in [2.75, 3.05) is 39.9 Å². The first-order valence-electron chi connectivity index (χ1n) is 9.54. The molecule has 1 unspecified atom stereocenters. The highest BCUT2D eigenvalue weighted by Gasteiger charge is 2.51. The molecule has 3 heterocycles. The van der Waals surface area contributed by atoms with Crippen LogP contribution in [0.2, 0.25) is 0 Å². The lowest BCUT2D eigenvalue weighted by Crippen LogP contribution is -2.63. The van der Waals surface area contributed by atoms with Crippen molar-refractivity contribution < 1.29 is 23.5 Å². The molecular formula is C20H25FN2O4.